The van der Waals surface area contributed by atoms with Crippen LogP contribution in [0.5, 0.6) is 0 Å². The highest BCUT2D eigenvalue weighted by Gasteiger charge is 2.16. The topological polar surface area (TPSA) is 72.2 Å². The number of benzene rings is 2. The van der Waals surface area contributed by atoms with Gasteiger partial charge < -0.3 is 4.42 Å². The molecule has 0 amide bonds. The molecule has 0 atom stereocenters. The maximum absolute atomic E-state index is 12.4. The number of nitrogens with zero attached hydrogens (tertiary/aromatic N) is 1. The summed E-state index contributed by atoms with van der Waals surface area (Å²) in [5.74, 6) is 1.22. The van der Waals surface area contributed by atoms with E-state index in [1.807, 2.05) is 44.2 Å². The molecule has 3 rings (SSSR count). The van der Waals surface area contributed by atoms with Gasteiger partial charge >= 0.3 is 0 Å². The molecule has 136 valence electrons. The Balaban J connectivity index is 1.68. The largest absolute Gasteiger partial charge is 0.441 e. The average Bonchev–Trinajstić information content (AvgIpc) is 2.99. The van der Waals surface area contributed by atoms with Crippen molar-refractivity contribution >= 4 is 21.6 Å². The summed E-state index contributed by atoms with van der Waals surface area (Å²) >= 11 is 6.02. The summed E-state index contributed by atoms with van der Waals surface area (Å²) in [5.41, 5.74) is 2.45. The molecule has 0 aliphatic carbocycles. The zero-order valence-corrected chi connectivity index (χ0v) is 16.1. The zero-order chi connectivity index (χ0) is 18.7. The monoisotopic (exact) mass is 390 g/mol. The van der Waals surface area contributed by atoms with Gasteiger partial charge in [-0.05, 0) is 43.7 Å². The van der Waals surface area contributed by atoms with Crippen LogP contribution in [-0.2, 0) is 16.4 Å². The molecule has 1 heterocycles. The first-order valence-corrected chi connectivity index (χ1v) is 10.0. The van der Waals surface area contributed by atoms with Gasteiger partial charge in [-0.25, -0.2) is 18.1 Å². The van der Waals surface area contributed by atoms with Gasteiger partial charge in [0, 0.05) is 23.6 Å². The van der Waals surface area contributed by atoms with Gasteiger partial charge in [-0.2, -0.15) is 0 Å². The third kappa shape index (κ3) is 4.15. The van der Waals surface area contributed by atoms with Crippen molar-refractivity contribution < 1.29 is 12.8 Å². The predicted molar refractivity (Wildman–Crippen MR) is 102 cm³/mol. The summed E-state index contributed by atoms with van der Waals surface area (Å²) in [6.07, 6.45) is 0.432. The molecule has 0 spiro atoms. The van der Waals surface area contributed by atoms with Gasteiger partial charge in [-0.15, -0.1) is 0 Å². The van der Waals surface area contributed by atoms with Crippen molar-refractivity contribution in [3.8, 4) is 11.5 Å². The van der Waals surface area contributed by atoms with Crippen LogP contribution in [0.1, 0.15) is 17.0 Å². The van der Waals surface area contributed by atoms with Crippen LogP contribution in [-0.4, -0.2) is 19.9 Å². The Labute approximate surface area is 158 Å². The summed E-state index contributed by atoms with van der Waals surface area (Å²) in [6, 6.07) is 14.3. The Morgan fingerprint density at radius 2 is 1.85 bits per heavy atom. The Hall–Kier alpha value is -2.15. The Kier molecular flexibility index (Phi) is 5.46. The lowest BCUT2D eigenvalue weighted by Gasteiger charge is -2.07. The first-order chi connectivity index (χ1) is 12.4. The first kappa shape index (κ1) is 18.6. The molecule has 0 bridgehead atoms. The molecule has 2 aromatic carbocycles. The molecule has 0 saturated carbocycles. The molecule has 3 aromatic rings. The fourth-order valence-corrected chi connectivity index (χ4v) is 3.79. The van der Waals surface area contributed by atoms with E-state index in [4.69, 9.17) is 16.0 Å². The average molecular weight is 391 g/mol. The maximum atomic E-state index is 12.4. The van der Waals surface area contributed by atoms with Gasteiger partial charge in [-0.1, -0.05) is 35.9 Å². The number of halogens is 1. The second-order valence-corrected chi connectivity index (χ2v) is 8.12. The molecule has 0 aliphatic heterocycles. The van der Waals surface area contributed by atoms with Crippen LogP contribution < -0.4 is 4.72 Å². The highest BCUT2D eigenvalue weighted by atomic mass is 35.5. The van der Waals surface area contributed by atoms with Crippen molar-refractivity contribution in [2.45, 2.75) is 25.2 Å². The molecule has 5 nitrogen and oxygen atoms in total. The smallest absolute Gasteiger partial charge is 0.240 e. The van der Waals surface area contributed by atoms with Crippen LogP contribution in [0.15, 0.2) is 57.8 Å². The van der Waals surface area contributed by atoms with Crippen LogP contribution in [0.25, 0.3) is 11.5 Å². The molecule has 1 aromatic heterocycles. The van der Waals surface area contributed by atoms with Gasteiger partial charge in [-0.3, -0.25) is 0 Å². The summed E-state index contributed by atoms with van der Waals surface area (Å²) in [4.78, 5) is 4.62. The molecule has 0 radical (unpaired) electrons. The Morgan fingerprint density at radius 3 is 2.54 bits per heavy atom. The zero-order valence-electron chi connectivity index (χ0n) is 14.5. The molecule has 0 saturated heterocycles. The molecule has 0 fully saturated rings. The lowest BCUT2D eigenvalue weighted by Crippen LogP contribution is -2.26. The number of sulfonamides is 1. The molecular weight excluding hydrogens is 372 g/mol. The van der Waals surface area contributed by atoms with Crippen molar-refractivity contribution in [3.63, 3.8) is 0 Å². The van der Waals surface area contributed by atoms with Crippen LogP contribution in [0, 0.1) is 13.8 Å². The number of hydrogen-bond donors (Lipinski definition) is 1. The minimum absolute atomic E-state index is 0.148. The van der Waals surface area contributed by atoms with Crippen LogP contribution in [0.2, 0.25) is 5.02 Å². The highest BCUT2D eigenvalue weighted by Crippen LogP contribution is 2.22. The minimum Gasteiger partial charge on any atom is -0.441 e. The highest BCUT2D eigenvalue weighted by molar-refractivity contribution is 7.89. The maximum Gasteiger partial charge on any atom is 0.240 e. The number of hydrogen-bond acceptors (Lipinski definition) is 4. The predicted octanol–water partition coefficient (Wildman–Crippen LogP) is 4.13. The van der Waals surface area contributed by atoms with Gasteiger partial charge in [0.25, 0.3) is 0 Å². The van der Waals surface area contributed by atoms with E-state index in [1.54, 1.807) is 12.1 Å². The van der Waals surface area contributed by atoms with E-state index in [9.17, 15) is 8.42 Å². The van der Waals surface area contributed by atoms with Crippen molar-refractivity contribution in [3.05, 3.63) is 70.6 Å². The standard InChI is InChI=1S/C19H19ClN2O3S/c1-13-8-9-16(12-17(13)20)26(23,24)21-11-10-18-14(2)25-19(22-18)15-6-4-3-5-7-15/h3-9,12,21H,10-11H2,1-2H3. The molecule has 0 aliphatic rings. The van der Waals surface area contributed by atoms with E-state index in [-0.39, 0.29) is 11.4 Å². The second kappa shape index (κ2) is 7.61. The van der Waals surface area contributed by atoms with Crippen molar-refractivity contribution in [1.82, 2.24) is 9.71 Å². The normalized spacial score (nSPS) is 11.7. The first-order valence-electron chi connectivity index (χ1n) is 8.14. The van der Waals surface area contributed by atoms with E-state index in [1.165, 1.54) is 6.07 Å². The van der Waals surface area contributed by atoms with Gasteiger partial charge in [0.15, 0.2) is 0 Å². The summed E-state index contributed by atoms with van der Waals surface area (Å²) < 4.78 is 33.0. The molecule has 7 heteroatoms. The van der Waals surface area contributed by atoms with Gasteiger partial charge in [0.2, 0.25) is 15.9 Å². The lowest BCUT2D eigenvalue weighted by atomic mass is 10.2. The number of aryl methyl sites for hydroxylation is 2. The van der Waals surface area contributed by atoms with E-state index in [2.05, 4.69) is 9.71 Å². The SMILES string of the molecule is Cc1ccc(S(=O)(=O)NCCc2nc(-c3ccccc3)oc2C)cc1Cl. The third-order valence-corrected chi connectivity index (χ3v) is 5.89. The second-order valence-electron chi connectivity index (χ2n) is 5.95. The van der Waals surface area contributed by atoms with E-state index < -0.39 is 10.0 Å². The summed E-state index contributed by atoms with van der Waals surface area (Å²) in [5, 5.41) is 0.424. The van der Waals surface area contributed by atoms with Crippen LogP contribution in [0.3, 0.4) is 0 Å². The van der Waals surface area contributed by atoms with Crippen molar-refractivity contribution in [2.24, 2.45) is 0 Å². The Morgan fingerprint density at radius 1 is 1.12 bits per heavy atom. The molecule has 0 unspecified atom stereocenters. The number of oxazole rings is 1. The van der Waals surface area contributed by atoms with E-state index in [0.717, 1.165) is 16.8 Å². The third-order valence-electron chi connectivity index (χ3n) is 4.02. The minimum atomic E-state index is -3.62. The van der Waals surface area contributed by atoms with E-state index in [0.29, 0.717) is 23.1 Å². The van der Waals surface area contributed by atoms with Crippen LogP contribution in [0.4, 0.5) is 0 Å². The Bertz CT molecular complexity index is 1010. The number of rotatable bonds is 6. The molecule has 26 heavy (non-hydrogen) atoms. The van der Waals surface area contributed by atoms with Gasteiger partial charge in [0.05, 0.1) is 10.6 Å². The van der Waals surface area contributed by atoms with Crippen molar-refractivity contribution in [2.75, 3.05) is 6.54 Å². The number of aromatic nitrogens is 1. The molecular formula is C19H19ClN2O3S. The van der Waals surface area contributed by atoms with Gasteiger partial charge in [0.1, 0.15) is 5.76 Å². The lowest BCUT2D eigenvalue weighted by molar-refractivity contribution is 0.538. The quantitative estimate of drug-likeness (QED) is 0.686. The fourth-order valence-electron chi connectivity index (χ4n) is 2.49. The fraction of sp³-hybridized carbons (Fsp3) is 0.211. The van der Waals surface area contributed by atoms with Crippen molar-refractivity contribution in [1.29, 1.82) is 0 Å². The number of nitrogens with one attached hydrogen (secondary N) is 1. The summed E-state index contributed by atoms with van der Waals surface area (Å²) in [6.45, 7) is 3.86. The van der Waals surface area contributed by atoms with E-state index >= 15 is 0 Å². The summed E-state index contributed by atoms with van der Waals surface area (Å²) in [7, 11) is -3.62. The molecule has 1 N–H and O–H groups in total. The van der Waals surface area contributed by atoms with Crippen LogP contribution >= 0.6 is 11.6 Å².